The Kier molecular flexibility index (Phi) is 4.91. The van der Waals surface area contributed by atoms with Crippen molar-refractivity contribution in [2.75, 3.05) is 13.1 Å². The molecule has 19 heavy (non-hydrogen) atoms. The summed E-state index contributed by atoms with van der Waals surface area (Å²) in [6.07, 6.45) is 2.86. The zero-order valence-electron chi connectivity index (χ0n) is 11.3. The number of carbonyl (C=O) groups is 1. The van der Waals surface area contributed by atoms with Gasteiger partial charge in [0.15, 0.2) is 0 Å². The maximum absolute atomic E-state index is 13.7. The van der Waals surface area contributed by atoms with Gasteiger partial charge < -0.3 is 10.6 Å². The molecule has 104 valence electrons. The second-order valence-electron chi connectivity index (χ2n) is 5.00. The number of halogens is 1. The number of hydrogen-bond acceptors (Lipinski definition) is 2. The van der Waals surface area contributed by atoms with Crippen LogP contribution >= 0.6 is 0 Å². The zero-order valence-corrected chi connectivity index (χ0v) is 11.3. The Morgan fingerprint density at radius 3 is 2.74 bits per heavy atom. The van der Waals surface area contributed by atoms with Crippen LogP contribution in [0.1, 0.15) is 37.8 Å². The molecular weight excluding hydrogens is 243 g/mol. The Hall–Kier alpha value is -1.42. The van der Waals surface area contributed by atoms with Gasteiger partial charge in [-0.05, 0) is 25.3 Å². The van der Waals surface area contributed by atoms with Crippen LogP contribution in [-0.4, -0.2) is 19.0 Å². The molecule has 2 rings (SSSR count). The summed E-state index contributed by atoms with van der Waals surface area (Å²) in [4.78, 5) is 11.4. The lowest BCUT2D eigenvalue weighted by atomic mass is 10.0. The molecule has 1 aromatic rings. The Balaban J connectivity index is 1.76. The first-order valence-electron chi connectivity index (χ1n) is 6.98. The fraction of sp³-hybridized carbons (Fsp3) is 0.533. The monoisotopic (exact) mass is 264 g/mol. The number of amides is 1. The third-order valence-corrected chi connectivity index (χ3v) is 3.45. The fourth-order valence-corrected chi connectivity index (χ4v) is 2.15. The van der Waals surface area contributed by atoms with E-state index in [2.05, 4.69) is 10.6 Å². The number of benzene rings is 1. The second kappa shape index (κ2) is 6.66. The molecule has 1 aromatic carbocycles. The van der Waals surface area contributed by atoms with Crippen LogP contribution in [0.25, 0.3) is 0 Å². The average molecular weight is 264 g/mol. The second-order valence-corrected chi connectivity index (χ2v) is 5.00. The Bertz CT molecular complexity index is 432. The quantitative estimate of drug-likeness (QED) is 0.742. The number of carbonyl (C=O) groups excluding carboxylic acids is 1. The van der Waals surface area contributed by atoms with Gasteiger partial charge in [0.2, 0.25) is 5.91 Å². The zero-order chi connectivity index (χ0) is 13.7. The summed E-state index contributed by atoms with van der Waals surface area (Å²) in [6.45, 7) is 3.28. The number of hydrogen-bond donors (Lipinski definition) is 2. The van der Waals surface area contributed by atoms with E-state index in [0.717, 1.165) is 19.3 Å². The summed E-state index contributed by atoms with van der Waals surface area (Å²) in [7, 11) is 0. The molecule has 2 N–H and O–H groups in total. The topological polar surface area (TPSA) is 41.1 Å². The molecule has 1 unspecified atom stereocenters. The molecule has 1 fully saturated rings. The summed E-state index contributed by atoms with van der Waals surface area (Å²) in [5, 5.41) is 6.18. The van der Waals surface area contributed by atoms with Gasteiger partial charge in [0.05, 0.1) is 0 Å². The van der Waals surface area contributed by atoms with Crippen LogP contribution in [0.15, 0.2) is 24.3 Å². The van der Waals surface area contributed by atoms with Gasteiger partial charge in [-0.25, -0.2) is 4.39 Å². The molecule has 0 aromatic heterocycles. The average Bonchev–Trinajstić information content (AvgIpc) is 3.24. The maximum Gasteiger partial charge on any atom is 0.223 e. The van der Waals surface area contributed by atoms with Crippen LogP contribution in [0, 0.1) is 11.7 Å². The molecule has 1 amide bonds. The van der Waals surface area contributed by atoms with Crippen molar-refractivity contribution >= 4 is 5.91 Å². The van der Waals surface area contributed by atoms with E-state index in [9.17, 15) is 9.18 Å². The maximum atomic E-state index is 13.7. The van der Waals surface area contributed by atoms with E-state index >= 15 is 0 Å². The molecule has 0 saturated heterocycles. The van der Waals surface area contributed by atoms with E-state index in [1.54, 1.807) is 12.1 Å². The van der Waals surface area contributed by atoms with Crippen molar-refractivity contribution in [3.63, 3.8) is 0 Å². The molecule has 1 atom stereocenters. The van der Waals surface area contributed by atoms with Crippen molar-refractivity contribution in [2.45, 2.75) is 32.2 Å². The Labute approximate surface area is 113 Å². The Morgan fingerprint density at radius 1 is 1.37 bits per heavy atom. The van der Waals surface area contributed by atoms with Gasteiger partial charge in [0, 0.05) is 30.6 Å². The minimum absolute atomic E-state index is 0.000901. The van der Waals surface area contributed by atoms with Crippen LogP contribution in [0.3, 0.4) is 0 Å². The van der Waals surface area contributed by atoms with Gasteiger partial charge in [-0.2, -0.15) is 0 Å². The van der Waals surface area contributed by atoms with Crippen LogP contribution in [-0.2, 0) is 4.79 Å². The minimum Gasteiger partial charge on any atom is -0.355 e. The molecule has 0 radical (unpaired) electrons. The highest BCUT2D eigenvalue weighted by atomic mass is 19.1. The summed E-state index contributed by atoms with van der Waals surface area (Å²) in [6, 6.07) is 6.83. The van der Waals surface area contributed by atoms with E-state index in [4.69, 9.17) is 0 Å². The van der Waals surface area contributed by atoms with Crippen molar-refractivity contribution < 1.29 is 9.18 Å². The lowest BCUT2D eigenvalue weighted by molar-refractivity contribution is -0.122. The first kappa shape index (κ1) is 14.0. The van der Waals surface area contributed by atoms with Crippen molar-refractivity contribution in [1.29, 1.82) is 0 Å². The van der Waals surface area contributed by atoms with Crippen molar-refractivity contribution in [3.05, 3.63) is 35.6 Å². The molecule has 0 bridgehead atoms. The van der Waals surface area contributed by atoms with E-state index in [0.29, 0.717) is 18.7 Å². The van der Waals surface area contributed by atoms with Crippen LogP contribution in [0.2, 0.25) is 0 Å². The molecule has 4 heteroatoms. The summed E-state index contributed by atoms with van der Waals surface area (Å²) in [5.74, 6) is 0.221. The van der Waals surface area contributed by atoms with Gasteiger partial charge in [0.1, 0.15) is 5.82 Å². The van der Waals surface area contributed by atoms with Crippen molar-refractivity contribution in [2.24, 2.45) is 5.92 Å². The van der Waals surface area contributed by atoms with Crippen molar-refractivity contribution in [3.8, 4) is 0 Å². The first-order valence-corrected chi connectivity index (χ1v) is 6.98. The van der Waals surface area contributed by atoms with Crippen molar-refractivity contribution in [1.82, 2.24) is 10.6 Å². The molecule has 0 heterocycles. The summed E-state index contributed by atoms with van der Waals surface area (Å²) in [5.41, 5.74) is 0.693. The molecule has 1 aliphatic rings. The molecule has 1 saturated carbocycles. The predicted molar refractivity (Wildman–Crippen MR) is 73.2 cm³/mol. The van der Waals surface area contributed by atoms with Gasteiger partial charge in [-0.3, -0.25) is 4.79 Å². The van der Waals surface area contributed by atoms with Gasteiger partial charge in [-0.1, -0.05) is 25.1 Å². The highest BCUT2D eigenvalue weighted by Gasteiger charge is 2.29. The van der Waals surface area contributed by atoms with Gasteiger partial charge >= 0.3 is 0 Å². The van der Waals surface area contributed by atoms with E-state index < -0.39 is 0 Å². The molecule has 1 aliphatic carbocycles. The summed E-state index contributed by atoms with van der Waals surface area (Å²) < 4.78 is 13.7. The van der Waals surface area contributed by atoms with E-state index in [1.807, 2.05) is 13.0 Å². The van der Waals surface area contributed by atoms with E-state index in [-0.39, 0.29) is 23.7 Å². The molecule has 3 nitrogen and oxygen atoms in total. The summed E-state index contributed by atoms with van der Waals surface area (Å²) >= 11 is 0. The normalized spacial score (nSPS) is 16.1. The van der Waals surface area contributed by atoms with Gasteiger partial charge in [0.25, 0.3) is 0 Å². The third kappa shape index (κ3) is 4.03. The van der Waals surface area contributed by atoms with Crippen LogP contribution < -0.4 is 10.6 Å². The lowest BCUT2D eigenvalue weighted by Gasteiger charge is -2.18. The standard InChI is InChI=1S/C15H21FN2O/c1-2-14(12-5-3-4-6-13(12)16)17-9-10-18-15(19)11-7-8-11/h3-6,11,14,17H,2,7-10H2,1H3,(H,18,19). The molecule has 0 spiro atoms. The smallest absolute Gasteiger partial charge is 0.223 e. The SMILES string of the molecule is CCC(NCCNC(=O)C1CC1)c1ccccc1F. The third-order valence-electron chi connectivity index (χ3n) is 3.45. The minimum atomic E-state index is -0.177. The van der Waals surface area contributed by atoms with E-state index in [1.165, 1.54) is 6.07 Å². The molecular formula is C15H21FN2O. The Morgan fingerprint density at radius 2 is 2.11 bits per heavy atom. The molecule has 0 aliphatic heterocycles. The number of nitrogens with one attached hydrogen (secondary N) is 2. The lowest BCUT2D eigenvalue weighted by Crippen LogP contribution is -2.34. The van der Waals surface area contributed by atoms with Crippen LogP contribution in [0.4, 0.5) is 4.39 Å². The largest absolute Gasteiger partial charge is 0.355 e. The number of rotatable bonds is 7. The highest BCUT2D eigenvalue weighted by molar-refractivity contribution is 5.80. The predicted octanol–water partition coefficient (Wildman–Crippen LogP) is 2.39. The first-order chi connectivity index (χ1) is 9.22. The van der Waals surface area contributed by atoms with Crippen LogP contribution in [0.5, 0.6) is 0 Å². The highest BCUT2D eigenvalue weighted by Crippen LogP contribution is 2.28. The fourth-order valence-electron chi connectivity index (χ4n) is 2.15. The van der Waals surface area contributed by atoms with Gasteiger partial charge in [-0.15, -0.1) is 0 Å².